The van der Waals surface area contributed by atoms with Gasteiger partial charge in [0.15, 0.2) is 11.5 Å². The van der Waals surface area contributed by atoms with Crippen molar-refractivity contribution in [2.24, 2.45) is 0 Å². The van der Waals surface area contributed by atoms with Gasteiger partial charge in [0.2, 0.25) is 0 Å². The van der Waals surface area contributed by atoms with Gasteiger partial charge < -0.3 is 9.47 Å². The number of fused-ring (bicyclic) bond motifs is 1. The average Bonchev–Trinajstić information content (AvgIpc) is 3.21. The number of nitrogens with zero attached hydrogens (tertiary/aromatic N) is 3. The Bertz CT molecular complexity index is 1190. The predicted molar refractivity (Wildman–Crippen MR) is 110 cm³/mol. The molecule has 1 N–H and O–H groups in total. The van der Waals surface area contributed by atoms with E-state index >= 15 is 0 Å². The summed E-state index contributed by atoms with van der Waals surface area (Å²) in [5.41, 5.74) is 2.63. The molecule has 2 heterocycles. The van der Waals surface area contributed by atoms with Gasteiger partial charge in [-0.1, -0.05) is 16.9 Å². The third kappa shape index (κ3) is 3.40. The highest BCUT2D eigenvalue weighted by atomic mass is 32.2. The van der Waals surface area contributed by atoms with E-state index in [4.69, 9.17) is 9.47 Å². The molecule has 4 aromatic rings. The number of ether oxygens (including phenoxy) is 2. The van der Waals surface area contributed by atoms with Gasteiger partial charge in [-0.25, -0.2) is 4.39 Å². The maximum absolute atomic E-state index is 13.6. The summed E-state index contributed by atoms with van der Waals surface area (Å²) in [6, 6.07) is 12.3. The molecule has 148 valence electrons. The molecule has 0 fully saturated rings. The molecule has 2 aromatic heterocycles. The molecule has 2 aromatic carbocycles. The van der Waals surface area contributed by atoms with Crippen molar-refractivity contribution in [2.45, 2.75) is 12.1 Å². The number of nitrogens with one attached hydrogen (secondary N) is 1. The molecule has 0 aliphatic heterocycles. The molecule has 6 nitrogen and oxygen atoms in total. The van der Waals surface area contributed by atoms with Gasteiger partial charge in [-0.3, -0.25) is 0 Å². The topological polar surface area (TPSA) is 63.9 Å². The first-order valence-electron chi connectivity index (χ1n) is 8.89. The lowest BCUT2D eigenvalue weighted by molar-refractivity contribution is -0.597. The number of hydrogen-bond acceptors (Lipinski definition) is 5. The number of methoxy groups -OCH3 is 2. The number of thioether (sulfide) groups is 1. The molecule has 0 aliphatic rings. The Labute approximate surface area is 171 Å². The Morgan fingerprint density at radius 3 is 2.34 bits per heavy atom. The normalized spacial score (nSPS) is 11.1. The molecule has 0 saturated carbocycles. The van der Waals surface area contributed by atoms with E-state index in [1.165, 1.54) is 23.9 Å². The first-order valence-corrected chi connectivity index (χ1v) is 10.1. The van der Waals surface area contributed by atoms with E-state index in [1.807, 2.05) is 35.9 Å². The van der Waals surface area contributed by atoms with Crippen molar-refractivity contribution in [1.82, 2.24) is 15.2 Å². The zero-order chi connectivity index (χ0) is 20.5. The van der Waals surface area contributed by atoms with Crippen molar-refractivity contribution in [1.29, 1.82) is 0 Å². The molecule has 0 saturated heterocycles. The highest BCUT2D eigenvalue weighted by molar-refractivity contribution is 7.98. The Morgan fingerprint density at radius 2 is 1.72 bits per heavy atom. The second kappa shape index (κ2) is 7.71. The molecule has 0 spiro atoms. The lowest BCUT2D eigenvalue weighted by Gasteiger charge is -2.15. The Balaban J connectivity index is 2.11. The molecule has 29 heavy (non-hydrogen) atoms. The minimum Gasteiger partial charge on any atom is -0.493 e. The molecule has 0 bridgehead atoms. The van der Waals surface area contributed by atoms with Crippen LogP contribution in [0.15, 0.2) is 47.6 Å². The van der Waals surface area contributed by atoms with Crippen LogP contribution in [0.25, 0.3) is 28.0 Å². The SMILES string of the molecule is COc1cc2cc(C)[n+](-c3nc(SC)n[nH]3)c(-c3ccc(F)cc3)c2cc1OC. The summed E-state index contributed by atoms with van der Waals surface area (Å²) >= 11 is 1.46. The summed E-state index contributed by atoms with van der Waals surface area (Å²) in [7, 11) is 3.21. The number of halogens is 1. The molecule has 0 aliphatic carbocycles. The molecule has 4 rings (SSSR count). The Morgan fingerprint density at radius 1 is 1.03 bits per heavy atom. The zero-order valence-electron chi connectivity index (χ0n) is 16.5. The van der Waals surface area contributed by atoms with Crippen LogP contribution in [0, 0.1) is 12.7 Å². The van der Waals surface area contributed by atoms with E-state index in [-0.39, 0.29) is 5.82 Å². The summed E-state index contributed by atoms with van der Waals surface area (Å²) in [4.78, 5) is 4.58. The van der Waals surface area contributed by atoms with E-state index in [9.17, 15) is 4.39 Å². The fraction of sp³-hybridized carbons (Fsp3) is 0.190. The van der Waals surface area contributed by atoms with Crippen LogP contribution < -0.4 is 14.0 Å². The van der Waals surface area contributed by atoms with Gasteiger partial charge in [0, 0.05) is 10.9 Å². The smallest absolute Gasteiger partial charge is 0.423 e. The van der Waals surface area contributed by atoms with E-state index in [2.05, 4.69) is 15.2 Å². The van der Waals surface area contributed by atoms with Crippen LogP contribution in [0.5, 0.6) is 11.5 Å². The van der Waals surface area contributed by atoms with Gasteiger partial charge in [0.25, 0.3) is 5.16 Å². The van der Waals surface area contributed by atoms with Gasteiger partial charge in [-0.2, -0.15) is 4.57 Å². The van der Waals surface area contributed by atoms with Gasteiger partial charge in [-0.05, 0) is 66.0 Å². The van der Waals surface area contributed by atoms with Crippen LogP contribution in [0.1, 0.15) is 5.69 Å². The molecule has 0 atom stereocenters. The van der Waals surface area contributed by atoms with E-state index in [0.29, 0.717) is 22.6 Å². The maximum atomic E-state index is 13.6. The fourth-order valence-electron chi connectivity index (χ4n) is 3.40. The predicted octanol–water partition coefficient (Wildman–Crippen LogP) is 4.09. The second-order valence-corrected chi connectivity index (χ2v) is 7.19. The van der Waals surface area contributed by atoms with Crippen molar-refractivity contribution in [3.8, 4) is 28.7 Å². The van der Waals surface area contributed by atoms with Gasteiger partial charge in [0.1, 0.15) is 11.5 Å². The number of H-pyrrole nitrogens is 1. The van der Waals surface area contributed by atoms with E-state index in [0.717, 1.165) is 27.7 Å². The van der Waals surface area contributed by atoms with Gasteiger partial charge in [0.05, 0.1) is 19.9 Å². The van der Waals surface area contributed by atoms with E-state index < -0.39 is 0 Å². The summed E-state index contributed by atoms with van der Waals surface area (Å²) in [6.45, 7) is 1.99. The molecular formula is C21H20FN4O2S+. The van der Waals surface area contributed by atoms with Gasteiger partial charge in [-0.15, -0.1) is 5.10 Å². The van der Waals surface area contributed by atoms with Crippen molar-refractivity contribution in [2.75, 3.05) is 20.5 Å². The van der Waals surface area contributed by atoms with Crippen molar-refractivity contribution in [3.63, 3.8) is 0 Å². The van der Waals surface area contributed by atoms with Crippen LogP contribution in [-0.4, -0.2) is 35.7 Å². The maximum Gasteiger partial charge on any atom is 0.423 e. The Kier molecular flexibility index (Phi) is 5.10. The average molecular weight is 411 g/mol. The molecule has 0 amide bonds. The van der Waals surface area contributed by atoms with Crippen LogP contribution >= 0.6 is 11.8 Å². The van der Waals surface area contributed by atoms with Crippen molar-refractivity contribution >= 4 is 22.5 Å². The minimum atomic E-state index is -0.291. The number of rotatable bonds is 5. The summed E-state index contributed by atoms with van der Waals surface area (Å²) < 4.78 is 26.6. The third-order valence-electron chi connectivity index (χ3n) is 4.72. The number of hydrogen-bond donors (Lipinski definition) is 1. The number of aromatic nitrogens is 4. The zero-order valence-corrected chi connectivity index (χ0v) is 17.3. The lowest BCUT2D eigenvalue weighted by Crippen LogP contribution is -2.38. The molecule has 8 heteroatoms. The number of aromatic amines is 1. The fourth-order valence-corrected chi connectivity index (χ4v) is 3.72. The largest absolute Gasteiger partial charge is 0.493 e. The first-order chi connectivity index (χ1) is 14.0. The van der Waals surface area contributed by atoms with Crippen molar-refractivity contribution in [3.05, 3.63) is 54.0 Å². The monoisotopic (exact) mass is 411 g/mol. The van der Waals surface area contributed by atoms with E-state index in [1.54, 1.807) is 26.4 Å². The van der Waals surface area contributed by atoms with Crippen LogP contribution in [-0.2, 0) is 0 Å². The molecule has 0 radical (unpaired) electrons. The lowest BCUT2D eigenvalue weighted by atomic mass is 10.0. The molecular weight excluding hydrogens is 391 g/mol. The number of benzene rings is 2. The Hall–Kier alpha value is -3.13. The van der Waals surface area contributed by atoms with Gasteiger partial charge >= 0.3 is 5.95 Å². The highest BCUT2D eigenvalue weighted by Gasteiger charge is 2.24. The summed E-state index contributed by atoms with van der Waals surface area (Å²) in [5.74, 6) is 1.55. The first kappa shape index (κ1) is 19.2. The summed E-state index contributed by atoms with van der Waals surface area (Å²) in [6.07, 6.45) is 1.92. The van der Waals surface area contributed by atoms with Crippen LogP contribution in [0.3, 0.4) is 0 Å². The number of aryl methyl sites for hydroxylation is 1. The quantitative estimate of drug-likeness (QED) is 0.396. The number of pyridine rings is 1. The van der Waals surface area contributed by atoms with Crippen LogP contribution in [0.4, 0.5) is 4.39 Å². The second-order valence-electron chi connectivity index (χ2n) is 6.42. The standard InChI is InChI=1S/C21H20FN4O2S/c1-12-9-14-10-17(27-2)18(28-3)11-16(14)19(13-5-7-15(22)8-6-13)26(12)20-23-21(29-4)25-24-20/h5-11H,1-4H3,(H,23,24,25)/q+1. The third-order valence-corrected chi connectivity index (χ3v) is 5.26. The summed E-state index contributed by atoms with van der Waals surface area (Å²) in [5, 5.41) is 9.78. The van der Waals surface area contributed by atoms with Crippen molar-refractivity contribution < 1.29 is 18.4 Å². The highest BCUT2D eigenvalue weighted by Crippen LogP contribution is 2.36. The minimum absolute atomic E-state index is 0.291. The van der Waals surface area contributed by atoms with Crippen LogP contribution in [0.2, 0.25) is 0 Å². The molecule has 0 unspecified atom stereocenters.